The van der Waals surface area contributed by atoms with Crippen LogP contribution in [-0.4, -0.2) is 33.5 Å². The first kappa shape index (κ1) is 20.0. The molecule has 0 atom stereocenters. The number of carbonyl (C=O) groups excluding carboxylic acids is 1. The Kier molecular flexibility index (Phi) is 7.79. The summed E-state index contributed by atoms with van der Waals surface area (Å²) in [5.74, 6) is 0.222. The third-order valence-electron chi connectivity index (χ3n) is 5.11. The Morgan fingerprint density at radius 2 is 1.62 bits per heavy atom. The van der Waals surface area contributed by atoms with Crippen molar-refractivity contribution < 1.29 is 4.79 Å². The van der Waals surface area contributed by atoms with E-state index in [2.05, 4.69) is 30.2 Å². The van der Waals surface area contributed by atoms with Crippen molar-refractivity contribution in [3.63, 3.8) is 0 Å². The molecule has 24 heavy (non-hydrogen) atoms. The number of ketones is 1. The van der Waals surface area contributed by atoms with E-state index in [1.54, 1.807) is 6.92 Å². The van der Waals surface area contributed by atoms with Gasteiger partial charge >= 0.3 is 155 Å². The Hall–Kier alpha value is -0.361. The van der Waals surface area contributed by atoms with Crippen LogP contribution in [0.5, 0.6) is 0 Å². The van der Waals surface area contributed by atoms with Gasteiger partial charge in [-0.25, -0.2) is 0 Å². The van der Waals surface area contributed by atoms with Crippen molar-refractivity contribution in [1.82, 2.24) is 9.38 Å². The van der Waals surface area contributed by atoms with Crippen LogP contribution in [0.15, 0.2) is 12.5 Å². The molecular weight excluding hydrogens is 423 g/mol. The van der Waals surface area contributed by atoms with Gasteiger partial charge in [0, 0.05) is 0 Å². The Morgan fingerprint density at radius 3 is 2.08 bits per heavy atom. The fourth-order valence-electron chi connectivity index (χ4n) is 3.74. The summed E-state index contributed by atoms with van der Waals surface area (Å²) in [6, 6.07) is 0. The van der Waals surface area contributed by atoms with E-state index in [0.717, 1.165) is 10.5 Å². The molecule has 0 N–H and O–H groups in total. The number of imidazole rings is 1. The van der Waals surface area contributed by atoms with E-state index < -0.39 is 18.4 Å². The van der Waals surface area contributed by atoms with Crippen molar-refractivity contribution in [2.24, 2.45) is 0 Å². The van der Waals surface area contributed by atoms with Crippen molar-refractivity contribution in [3.05, 3.63) is 18.2 Å². The van der Waals surface area contributed by atoms with Gasteiger partial charge < -0.3 is 0 Å². The maximum atomic E-state index is 12.5. The predicted molar refractivity (Wildman–Crippen MR) is 108 cm³/mol. The Morgan fingerprint density at radius 1 is 1.08 bits per heavy atom. The number of rotatable bonds is 11. The summed E-state index contributed by atoms with van der Waals surface area (Å²) in [5, 5.41) is 0. The fourth-order valence-corrected chi connectivity index (χ4v) is 24.8. The molecule has 0 saturated carbocycles. The summed E-state index contributed by atoms with van der Waals surface area (Å²) in [7, 11) is 0. The van der Waals surface area contributed by atoms with Gasteiger partial charge in [-0.1, -0.05) is 0 Å². The van der Waals surface area contributed by atoms with E-state index in [0.29, 0.717) is 0 Å². The molecule has 2 aromatic rings. The molecule has 0 fully saturated rings. The number of hydrogen-bond acceptors (Lipinski definition) is 3. The summed E-state index contributed by atoms with van der Waals surface area (Å²) in [6.07, 6.45) is 11.5. The van der Waals surface area contributed by atoms with Gasteiger partial charge in [0.1, 0.15) is 0 Å². The number of fused-ring (bicyclic) bond motifs is 1. The third kappa shape index (κ3) is 4.24. The zero-order valence-electron chi connectivity index (χ0n) is 15.7. The average Bonchev–Trinajstić information content (AvgIpc) is 3.15. The van der Waals surface area contributed by atoms with Gasteiger partial charge in [0.2, 0.25) is 0 Å². The number of nitrogens with zero attached hydrogens (tertiary/aromatic N) is 2. The number of aromatic nitrogens is 2. The average molecular weight is 455 g/mol. The quantitative estimate of drug-likeness (QED) is 0.324. The number of hydrogen-bond donors (Lipinski definition) is 0. The van der Waals surface area contributed by atoms with Gasteiger partial charge in [0.15, 0.2) is 0 Å². The summed E-state index contributed by atoms with van der Waals surface area (Å²) in [4.78, 5) is 17.9. The number of Topliss-reactive ketones (excluding diaryl/α,β-unsaturated/α-hetero) is 1. The first-order valence-electron chi connectivity index (χ1n) is 9.55. The molecule has 0 aromatic carbocycles. The zero-order chi connectivity index (χ0) is 17.6. The second kappa shape index (κ2) is 9.37. The van der Waals surface area contributed by atoms with Crippen LogP contribution in [0, 0.1) is 0 Å². The summed E-state index contributed by atoms with van der Waals surface area (Å²) < 4.78 is 7.82. The Balaban J connectivity index is 2.56. The molecule has 2 heterocycles. The molecule has 3 nitrogen and oxygen atoms in total. The Labute approximate surface area is 154 Å². The molecule has 134 valence electrons. The molecule has 0 saturated heterocycles. The molecule has 0 aliphatic heterocycles. The van der Waals surface area contributed by atoms with Crippen molar-refractivity contribution in [2.45, 2.75) is 79.5 Å². The van der Waals surface area contributed by atoms with E-state index in [9.17, 15) is 4.79 Å². The number of unbranched alkanes of at least 4 members (excludes halogenated alkanes) is 3. The van der Waals surface area contributed by atoms with Crippen molar-refractivity contribution >= 4 is 43.2 Å². The first-order chi connectivity index (χ1) is 11.6. The van der Waals surface area contributed by atoms with Crippen molar-refractivity contribution in [3.8, 4) is 0 Å². The van der Waals surface area contributed by atoms with Crippen LogP contribution in [-0.2, 0) is 0 Å². The summed E-state index contributed by atoms with van der Waals surface area (Å²) >= 11 is -0.671. The fraction of sp³-hybridized carbons (Fsp3) is 0.684. The normalized spacial score (nSPS) is 12.2. The zero-order valence-corrected chi connectivity index (χ0v) is 19.4. The molecule has 2 aromatic heterocycles. The molecule has 0 aliphatic rings. The van der Waals surface area contributed by atoms with E-state index in [-0.39, 0.29) is 5.78 Å². The summed E-state index contributed by atoms with van der Waals surface area (Å²) in [5.41, 5.74) is 0.978. The van der Waals surface area contributed by atoms with Gasteiger partial charge in [0.05, 0.1) is 0 Å². The monoisotopic (exact) mass is 456 g/mol. The predicted octanol–water partition coefficient (Wildman–Crippen LogP) is 5.65. The molecule has 0 bridgehead atoms. The van der Waals surface area contributed by atoms with Crippen molar-refractivity contribution in [1.29, 1.82) is 0 Å². The molecule has 0 aliphatic carbocycles. The maximum absolute atomic E-state index is 12.5. The van der Waals surface area contributed by atoms with E-state index in [4.69, 9.17) is 0 Å². The van der Waals surface area contributed by atoms with Crippen LogP contribution in [0.2, 0.25) is 13.3 Å². The molecule has 0 amide bonds. The van der Waals surface area contributed by atoms with Gasteiger partial charge in [-0.15, -0.1) is 0 Å². The van der Waals surface area contributed by atoms with Crippen LogP contribution < -0.4 is 2.89 Å². The standard InChI is InChI=1S/C7H5N2OS.3C4H9.Sn/c1-5(10)6-3-11-7-2-8-4-9(6)7;3*1-3-4-2;/h2,4H,1H3;3*1,3-4H2,2H3;. The minimum atomic E-state index is -2.56. The SMILES string of the molecule is CCC[CH2][Sn]([CH2]CCC)([CH2]CCC)[c]1sc2cncn2c1C(C)=O. The molecule has 0 unspecified atom stereocenters. The molecular formula is C19H32N2OSSn. The van der Waals surface area contributed by atoms with Gasteiger partial charge in [-0.05, 0) is 0 Å². The number of carbonyl (C=O) groups is 1. The summed E-state index contributed by atoms with van der Waals surface area (Å²) in [6.45, 7) is 8.63. The van der Waals surface area contributed by atoms with Crippen LogP contribution in [0.4, 0.5) is 0 Å². The van der Waals surface area contributed by atoms with E-state index in [1.165, 1.54) is 54.7 Å². The first-order valence-corrected chi connectivity index (χ1v) is 17.9. The van der Waals surface area contributed by atoms with Gasteiger partial charge in [0.25, 0.3) is 0 Å². The molecule has 0 radical (unpaired) electrons. The van der Waals surface area contributed by atoms with Crippen LogP contribution in [0.1, 0.15) is 76.7 Å². The molecule has 2 rings (SSSR count). The van der Waals surface area contributed by atoms with Crippen LogP contribution in [0.25, 0.3) is 4.83 Å². The number of thiazole rings is 1. The second-order valence-electron chi connectivity index (χ2n) is 7.03. The van der Waals surface area contributed by atoms with Gasteiger partial charge in [-0.3, -0.25) is 0 Å². The second-order valence-corrected chi connectivity index (χ2v) is 22.1. The molecule has 0 spiro atoms. The minimum absolute atomic E-state index is 0.222. The third-order valence-corrected chi connectivity index (χ3v) is 24.4. The van der Waals surface area contributed by atoms with Crippen molar-refractivity contribution in [2.75, 3.05) is 0 Å². The van der Waals surface area contributed by atoms with Crippen LogP contribution in [0.3, 0.4) is 0 Å². The molecule has 5 heteroatoms. The van der Waals surface area contributed by atoms with Gasteiger partial charge in [-0.2, -0.15) is 0 Å². The van der Waals surface area contributed by atoms with E-state index in [1.807, 2.05) is 23.9 Å². The Bertz CT molecular complexity index is 640. The van der Waals surface area contributed by atoms with E-state index >= 15 is 0 Å². The van der Waals surface area contributed by atoms with Crippen LogP contribution >= 0.6 is 11.3 Å². The topological polar surface area (TPSA) is 34.4 Å².